The number of rotatable bonds is 4. The number of nitrogens with one attached hydrogen (secondary N) is 1. The highest BCUT2D eigenvalue weighted by molar-refractivity contribution is 8.93. The molecule has 0 aliphatic carbocycles. The Morgan fingerprint density at radius 1 is 0.621 bits per heavy atom. The fraction of sp³-hybridized carbons (Fsp3) is 0. The molecule has 0 unspecified atom stereocenters. The molecule has 0 spiro atoms. The molecule has 0 atom stereocenters. The van der Waals surface area contributed by atoms with Crippen molar-refractivity contribution in [2.45, 2.75) is 0 Å². The second-order valence-corrected chi connectivity index (χ2v) is 7.49. The SMILES string of the molecule is Br.c1ccc(-c2ccc(-c3csc(Nc4cccc5ccccc45)n3)cc2)cc1. The van der Waals surface area contributed by atoms with Gasteiger partial charge in [0.25, 0.3) is 0 Å². The Morgan fingerprint density at radius 3 is 2.10 bits per heavy atom. The summed E-state index contributed by atoms with van der Waals surface area (Å²) in [6, 6.07) is 33.7. The molecule has 29 heavy (non-hydrogen) atoms. The van der Waals surface area contributed by atoms with E-state index in [2.05, 4.69) is 102 Å². The van der Waals surface area contributed by atoms with Crippen LogP contribution in [0.1, 0.15) is 0 Å². The Balaban J connectivity index is 0.00000205. The van der Waals surface area contributed by atoms with Crippen molar-refractivity contribution in [3.05, 3.63) is 102 Å². The van der Waals surface area contributed by atoms with Gasteiger partial charge >= 0.3 is 0 Å². The number of halogens is 1. The monoisotopic (exact) mass is 458 g/mol. The molecule has 0 aliphatic rings. The minimum atomic E-state index is 0. The lowest BCUT2D eigenvalue weighted by Crippen LogP contribution is -1.91. The summed E-state index contributed by atoms with van der Waals surface area (Å²) in [5.74, 6) is 0. The minimum absolute atomic E-state index is 0. The molecule has 142 valence electrons. The molecule has 0 aliphatic heterocycles. The third kappa shape index (κ3) is 4.09. The summed E-state index contributed by atoms with van der Waals surface area (Å²) in [5, 5.41) is 8.91. The molecule has 2 nitrogen and oxygen atoms in total. The van der Waals surface area contributed by atoms with Crippen LogP contribution in [0.25, 0.3) is 33.2 Å². The van der Waals surface area contributed by atoms with Gasteiger partial charge in [0.05, 0.1) is 5.69 Å². The van der Waals surface area contributed by atoms with E-state index in [4.69, 9.17) is 4.98 Å². The van der Waals surface area contributed by atoms with Gasteiger partial charge in [-0.05, 0) is 22.6 Å². The Labute approximate surface area is 184 Å². The molecule has 5 rings (SSSR count). The van der Waals surface area contributed by atoms with E-state index in [1.807, 2.05) is 6.07 Å². The lowest BCUT2D eigenvalue weighted by Gasteiger charge is -2.07. The third-order valence-corrected chi connectivity index (χ3v) is 5.58. The van der Waals surface area contributed by atoms with Gasteiger partial charge in [-0.25, -0.2) is 4.98 Å². The van der Waals surface area contributed by atoms with Gasteiger partial charge in [-0.2, -0.15) is 0 Å². The summed E-state index contributed by atoms with van der Waals surface area (Å²) in [6.07, 6.45) is 0. The third-order valence-electron chi connectivity index (χ3n) is 4.82. The summed E-state index contributed by atoms with van der Waals surface area (Å²) in [5.41, 5.74) is 5.65. The van der Waals surface area contributed by atoms with Crippen molar-refractivity contribution in [3.8, 4) is 22.4 Å². The molecule has 4 heteroatoms. The van der Waals surface area contributed by atoms with Crippen LogP contribution >= 0.6 is 28.3 Å². The number of hydrogen-bond acceptors (Lipinski definition) is 3. The highest BCUT2D eigenvalue weighted by Crippen LogP contribution is 2.31. The number of benzene rings is 4. The van der Waals surface area contributed by atoms with Crippen LogP contribution in [0.4, 0.5) is 10.8 Å². The van der Waals surface area contributed by atoms with Crippen LogP contribution in [0.5, 0.6) is 0 Å². The van der Waals surface area contributed by atoms with E-state index in [1.54, 1.807) is 11.3 Å². The maximum Gasteiger partial charge on any atom is 0.187 e. The van der Waals surface area contributed by atoms with Crippen LogP contribution < -0.4 is 5.32 Å². The summed E-state index contributed by atoms with van der Waals surface area (Å²) < 4.78 is 0. The highest BCUT2D eigenvalue weighted by Gasteiger charge is 2.07. The fourth-order valence-corrected chi connectivity index (χ4v) is 4.11. The number of thiazole rings is 1. The Hall–Kier alpha value is -2.95. The fourth-order valence-electron chi connectivity index (χ4n) is 3.38. The number of anilines is 2. The quantitative estimate of drug-likeness (QED) is 0.295. The molecule has 0 saturated heterocycles. The standard InChI is InChI=1S/C25H18N2S.BrH/c1-2-7-18(8-3-1)19-13-15-21(16-14-19)24-17-28-25(27-24)26-23-12-6-10-20-9-4-5-11-22(20)23;/h1-17H,(H,26,27);1H. The van der Waals surface area contributed by atoms with Crippen molar-refractivity contribution < 1.29 is 0 Å². The summed E-state index contributed by atoms with van der Waals surface area (Å²) in [7, 11) is 0. The van der Waals surface area contributed by atoms with Crippen molar-refractivity contribution in [2.24, 2.45) is 0 Å². The van der Waals surface area contributed by atoms with Gasteiger partial charge in [0.2, 0.25) is 0 Å². The lowest BCUT2D eigenvalue weighted by atomic mass is 10.0. The molecule has 1 aromatic heterocycles. The van der Waals surface area contributed by atoms with Crippen LogP contribution in [-0.2, 0) is 0 Å². The predicted molar refractivity (Wildman–Crippen MR) is 131 cm³/mol. The second kappa shape index (κ2) is 8.60. The highest BCUT2D eigenvalue weighted by atomic mass is 79.9. The Morgan fingerprint density at radius 2 is 1.28 bits per heavy atom. The van der Waals surface area contributed by atoms with E-state index in [0.717, 1.165) is 22.1 Å². The zero-order chi connectivity index (χ0) is 18.8. The molecule has 0 saturated carbocycles. The van der Waals surface area contributed by atoms with Gasteiger partial charge in [0.15, 0.2) is 5.13 Å². The van der Waals surface area contributed by atoms with E-state index in [0.29, 0.717) is 0 Å². The average molecular weight is 459 g/mol. The number of hydrogen-bond donors (Lipinski definition) is 1. The maximum absolute atomic E-state index is 4.79. The Bertz CT molecular complexity index is 1230. The molecule has 0 radical (unpaired) electrons. The van der Waals surface area contributed by atoms with Gasteiger partial charge in [-0.1, -0.05) is 91.0 Å². The minimum Gasteiger partial charge on any atom is -0.331 e. The molecule has 0 fully saturated rings. The molecule has 5 aromatic rings. The first kappa shape index (κ1) is 19.4. The normalized spacial score (nSPS) is 10.5. The van der Waals surface area contributed by atoms with E-state index in [9.17, 15) is 0 Å². The average Bonchev–Trinajstić information content (AvgIpc) is 3.23. The number of aromatic nitrogens is 1. The second-order valence-electron chi connectivity index (χ2n) is 6.63. The largest absolute Gasteiger partial charge is 0.331 e. The van der Waals surface area contributed by atoms with Crippen LogP contribution in [0, 0.1) is 0 Å². The first-order valence-electron chi connectivity index (χ1n) is 9.23. The predicted octanol–water partition coefficient (Wildman–Crippen LogP) is 7.95. The smallest absolute Gasteiger partial charge is 0.187 e. The molecular formula is C25H19BrN2S. The van der Waals surface area contributed by atoms with Gasteiger partial charge in [0.1, 0.15) is 0 Å². The van der Waals surface area contributed by atoms with Crippen molar-refractivity contribution in [2.75, 3.05) is 5.32 Å². The molecule has 1 N–H and O–H groups in total. The maximum atomic E-state index is 4.79. The van der Waals surface area contributed by atoms with Crippen LogP contribution in [0.15, 0.2) is 102 Å². The lowest BCUT2D eigenvalue weighted by molar-refractivity contribution is 1.39. The van der Waals surface area contributed by atoms with Gasteiger partial charge in [-0.3, -0.25) is 0 Å². The molecule has 1 heterocycles. The molecular weight excluding hydrogens is 440 g/mol. The summed E-state index contributed by atoms with van der Waals surface area (Å²) in [6.45, 7) is 0. The van der Waals surface area contributed by atoms with Crippen molar-refractivity contribution in [3.63, 3.8) is 0 Å². The van der Waals surface area contributed by atoms with Crippen molar-refractivity contribution >= 4 is 49.9 Å². The van der Waals surface area contributed by atoms with E-state index < -0.39 is 0 Å². The van der Waals surface area contributed by atoms with Crippen molar-refractivity contribution in [1.29, 1.82) is 0 Å². The van der Waals surface area contributed by atoms with Crippen LogP contribution in [0.3, 0.4) is 0 Å². The summed E-state index contributed by atoms with van der Waals surface area (Å²) >= 11 is 1.63. The number of fused-ring (bicyclic) bond motifs is 1. The topological polar surface area (TPSA) is 24.9 Å². The molecule has 0 amide bonds. The van der Waals surface area contributed by atoms with Gasteiger partial charge in [-0.15, -0.1) is 28.3 Å². The first-order valence-corrected chi connectivity index (χ1v) is 10.1. The zero-order valence-electron chi connectivity index (χ0n) is 15.6. The van der Waals surface area contributed by atoms with E-state index in [1.165, 1.54) is 21.9 Å². The zero-order valence-corrected chi connectivity index (χ0v) is 18.1. The van der Waals surface area contributed by atoms with E-state index >= 15 is 0 Å². The van der Waals surface area contributed by atoms with Gasteiger partial charge in [0, 0.05) is 22.0 Å². The first-order chi connectivity index (χ1) is 13.9. The van der Waals surface area contributed by atoms with Crippen LogP contribution in [0.2, 0.25) is 0 Å². The van der Waals surface area contributed by atoms with Crippen molar-refractivity contribution in [1.82, 2.24) is 4.98 Å². The summed E-state index contributed by atoms with van der Waals surface area (Å²) in [4.78, 5) is 4.79. The Kier molecular flexibility index (Phi) is 5.74. The van der Waals surface area contributed by atoms with Crippen LogP contribution in [-0.4, -0.2) is 4.98 Å². The van der Waals surface area contributed by atoms with E-state index in [-0.39, 0.29) is 17.0 Å². The number of nitrogens with zero attached hydrogens (tertiary/aromatic N) is 1. The van der Waals surface area contributed by atoms with Gasteiger partial charge < -0.3 is 5.32 Å². The molecule has 4 aromatic carbocycles. The molecule has 0 bridgehead atoms.